The van der Waals surface area contributed by atoms with Crippen LogP contribution in [0.5, 0.6) is 0 Å². The summed E-state index contributed by atoms with van der Waals surface area (Å²) >= 11 is 0. The highest BCUT2D eigenvalue weighted by molar-refractivity contribution is 5.71. The Kier molecular flexibility index (Phi) is 2.32. The van der Waals surface area contributed by atoms with E-state index in [1.807, 2.05) is 25.3 Å². The van der Waals surface area contributed by atoms with Gasteiger partial charge in [-0.3, -0.25) is 4.98 Å². The molecular weight excluding hydrogens is 170 g/mol. The molecule has 70 valence electrons. The molecule has 0 unspecified atom stereocenters. The Morgan fingerprint density at radius 3 is 2.21 bits per heavy atom. The zero-order valence-corrected chi connectivity index (χ0v) is 8.49. The maximum absolute atomic E-state index is 4.36. The number of nitrogens with zero attached hydrogens (tertiary/aromatic N) is 1. The van der Waals surface area contributed by atoms with Crippen LogP contribution in [0.25, 0.3) is 12.2 Å². The summed E-state index contributed by atoms with van der Waals surface area (Å²) in [6.45, 7) is 4.14. The molecule has 1 aromatic rings. The van der Waals surface area contributed by atoms with Crippen LogP contribution < -0.4 is 0 Å². The van der Waals surface area contributed by atoms with Crippen molar-refractivity contribution in [3.05, 3.63) is 52.9 Å². The third-order valence-corrected chi connectivity index (χ3v) is 2.42. The van der Waals surface area contributed by atoms with Crippen LogP contribution in [-0.2, 0) is 0 Å². The van der Waals surface area contributed by atoms with Gasteiger partial charge in [0.25, 0.3) is 0 Å². The average Bonchev–Trinajstić information content (AvgIpc) is 2.11. The number of hydrogen-bond donors (Lipinski definition) is 0. The van der Waals surface area contributed by atoms with Gasteiger partial charge in [-0.25, -0.2) is 0 Å². The van der Waals surface area contributed by atoms with Crippen molar-refractivity contribution in [2.24, 2.45) is 0 Å². The van der Waals surface area contributed by atoms with E-state index in [2.05, 4.69) is 36.2 Å². The van der Waals surface area contributed by atoms with Crippen molar-refractivity contribution >= 4 is 12.2 Å². The third kappa shape index (κ3) is 1.53. The van der Waals surface area contributed by atoms with E-state index in [-0.39, 0.29) is 0 Å². The Morgan fingerprint density at radius 1 is 0.857 bits per heavy atom. The highest BCUT2D eigenvalue weighted by Gasteiger charge is 2.04. The van der Waals surface area contributed by atoms with Gasteiger partial charge >= 0.3 is 0 Å². The molecule has 0 atom stereocenters. The minimum atomic E-state index is 1.09. The molecule has 1 heteroatoms. The van der Waals surface area contributed by atoms with Crippen molar-refractivity contribution in [1.82, 2.24) is 4.98 Å². The van der Waals surface area contributed by atoms with Crippen LogP contribution in [0.1, 0.15) is 22.4 Å². The molecule has 0 spiro atoms. The lowest BCUT2D eigenvalue weighted by Crippen LogP contribution is -1.94. The molecule has 1 aromatic heterocycles. The quantitative estimate of drug-likeness (QED) is 0.601. The molecule has 1 nitrogen and oxygen atoms in total. The standard InChI is InChI=1S/C13H13N/c1-10-9-14-11(2)13-8-6-4-3-5-7-12(10)13/h3-9H,1-2H3/b4-3-,5-3?,6-4?,7-5-,8-6-,12-7?,13-8?. The monoisotopic (exact) mass is 183 g/mol. The zero-order valence-electron chi connectivity index (χ0n) is 8.49. The molecule has 0 fully saturated rings. The van der Waals surface area contributed by atoms with Crippen LogP contribution in [-0.4, -0.2) is 4.98 Å². The normalized spacial score (nSPS) is 20.4. The van der Waals surface area contributed by atoms with E-state index < -0.39 is 0 Å². The molecule has 1 heterocycles. The van der Waals surface area contributed by atoms with Crippen molar-refractivity contribution in [2.75, 3.05) is 0 Å². The van der Waals surface area contributed by atoms with Crippen molar-refractivity contribution in [3.8, 4) is 0 Å². The van der Waals surface area contributed by atoms with E-state index in [0.717, 1.165) is 5.69 Å². The summed E-state index contributed by atoms with van der Waals surface area (Å²) in [5.74, 6) is 0. The Balaban J connectivity index is 2.69. The maximum Gasteiger partial charge on any atom is 0.0451 e. The number of hydrogen-bond acceptors (Lipinski definition) is 1. The molecule has 2 rings (SSSR count). The fourth-order valence-corrected chi connectivity index (χ4v) is 1.60. The maximum atomic E-state index is 4.36. The van der Waals surface area contributed by atoms with Crippen LogP contribution in [0.3, 0.4) is 0 Å². The Bertz CT molecular complexity index is 396. The van der Waals surface area contributed by atoms with Gasteiger partial charge in [0, 0.05) is 17.5 Å². The second-order valence-electron chi connectivity index (χ2n) is 3.46. The number of aryl methyl sites for hydroxylation is 2. The van der Waals surface area contributed by atoms with Gasteiger partial charge in [-0.15, -0.1) is 0 Å². The largest absolute Gasteiger partial charge is 0.261 e. The highest BCUT2D eigenvalue weighted by atomic mass is 14.7. The van der Waals surface area contributed by atoms with Crippen LogP contribution in [0.4, 0.5) is 0 Å². The zero-order chi connectivity index (χ0) is 9.97. The fourth-order valence-electron chi connectivity index (χ4n) is 1.60. The number of allylic oxidation sites excluding steroid dienone is 4. The minimum absolute atomic E-state index is 1.09. The molecule has 0 N–H and O–H groups in total. The molecular formula is C13H13N. The molecule has 14 heavy (non-hydrogen) atoms. The summed E-state index contributed by atoms with van der Waals surface area (Å²) in [6.07, 6.45) is 14.4. The van der Waals surface area contributed by atoms with E-state index in [0.29, 0.717) is 0 Å². The van der Waals surface area contributed by atoms with E-state index in [4.69, 9.17) is 0 Å². The summed E-state index contributed by atoms with van der Waals surface area (Å²) in [6, 6.07) is 0. The lowest BCUT2D eigenvalue weighted by Gasteiger charge is -2.08. The van der Waals surface area contributed by atoms with Gasteiger partial charge in [-0.1, -0.05) is 36.5 Å². The van der Waals surface area contributed by atoms with Gasteiger partial charge < -0.3 is 0 Å². The predicted molar refractivity (Wildman–Crippen MR) is 60.9 cm³/mol. The lowest BCUT2D eigenvalue weighted by molar-refractivity contribution is 1.15. The first kappa shape index (κ1) is 8.95. The Hall–Kier alpha value is -1.63. The van der Waals surface area contributed by atoms with Crippen molar-refractivity contribution in [3.63, 3.8) is 0 Å². The second kappa shape index (κ2) is 3.62. The van der Waals surface area contributed by atoms with Crippen LogP contribution in [0, 0.1) is 13.8 Å². The third-order valence-electron chi connectivity index (χ3n) is 2.42. The molecule has 0 amide bonds. The van der Waals surface area contributed by atoms with Gasteiger partial charge in [-0.05, 0) is 25.0 Å². The summed E-state index contributed by atoms with van der Waals surface area (Å²) in [5.41, 5.74) is 4.81. The summed E-state index contributed by atoms with van der Waals surface area (Å²) in [7, 11) is 0. The Morgan fingerprint density at radius 2 is 1.50 bits per heavy atom. The Labute approximate surface area is 84.5 Å². The smallest absolute Gasteiger partial charge is 0.0451 e. The number of fused-ring (bicyclic) bond motifs is 1. The van der Waals surface area contributed by atoms with Crippen LogP contribution in [0.15, 0.2) is 30.5 Å². The molecule has 1 aliphatic carbocycles. The van der Waals surface area contributed by atoms with Gasteiger partial charge in [0.2, 0.25) is 0 Å². The molecule has 0 aliphatic heterocycles. The molecule has 0 saturated carbocycles. The van der Waals surface area contributed by atoms with Crippen molar-refractivity contribution in [2.45, 2.75) is 13.8 Å². The highest BCUT2D eigenvalue weighted by Crippen LogP contribution is 2.20. The van der Waals surface area contributed by atoms with Crippen LogP contribution in [0.2, 0.25) is 0 Å². The summed E-state index contributed by atoms with van der Waals surface area (Å²) in [4.78, 5) is 4.36. The SMILES string of the molecule is Cc1cnc(C)c2c1\C=C/C=C\C=C/2. The number of aromatic nitrogens is 1. The van der Waals surface area contributed by atoms with Gasteiger partial charge in [0.1, 0.15) is 0 Å². The van der Waals surface area contributed by atoms with Gasteiger partial charge in [0.15, 0.2) is 0 Å². The molecule has 0 radical (unpaired) electrons. The van der Waals surface area contributed by atoms with Crippen molar-refractivity contribution < 1.29 is 0 Å². The molecule has 1 aliphatic rings. The predicted octanol–water partition coefficient (Wildman–Crippen LogP) is 3.29. The van der Waals surface area contributed by atoms with E-state index in [1.54, 1.807) is 0 Å². The molecule has 0 aromatic carbocycles. The average molecular weight is 183 g/mol. The summed E-state index contributed by atoms with van der Waals surface area (Å²) in [5, 5.41) is 0. The first-order chi connectivity index (χ1) is 6.79. The van der Waals surface area contributed by atoms with E-state index in [1.165, 1.54) is 16.7 Å². The van der Waals surface area contributed by atoms with Crippen LogP contribution >= 0.6 is 0 Å². The summed E-state index contributed by atoms with van der Waals surface area (Å²) < 4.78 is 0. The van der Waals surface area contributed by atoms with Gasteiger partial charge in [0.05, 0.1) is 0 Å². The topological polar surface area (TPSA) is 12.9 Å². The fraction of sp³-hybridized carbons (Fsp3) is 0.154. The molecule has 0 bridgehead atoms. The molecule has 0 saturated heterocycles. The van der Waals surface area contributed by atoms with Gasteiger partial charge in [-0.2, -0.15) is 0 Å². The first-order valence-corrected chi connectivity index (χ1v) is 4.76. The lowest BCUT2D eigenvalue weighted by atomic mass is 10.0. The number of pyridine rings is 1. The van der Waals surface area contributed by atoms with E-state index >= 15 is 0 Å². The van der Waals surface area contributed by atoms with Crippen molar-refractivity contribution in [1.29, 1.82) is 0 Å². The first-order valence-electron chi connectivity index (χ1n) is 4.76. The minimum Gasteiger partial charge on any atom is -0.261 e. The second-order valence-corrected chi connectivity index (χ2v) is 3.46. The number of rotatable bonds is 0. The van der Waals surface area contributed by atoms with E-state index in [9.17, 15) is 0 Å².